The molecular formula is C14H12N2S. The fraction of sp³-hybridized carbons (Fsp3) is 0.0714. The molecule has 0 aliphatic heterocycles. The number of nitrogens with zero attached hydrogens (tertiary/aromatic N) is 1. The van der Waals surface area contributed by atoms with E-state index in [4.69, 9.17) is 12.2 Å². The van der Waals surface area contributed by atoms with Crippen molar-refractivity contribution in [2.24, 2.45) is 0 Å². The van der Waals surface area contributed by atoms with Crippen LogP contribution in [0.3, 0.4) is 0 Å². The summed E-state index contributed by atoms with van der Waals surface area (Å²) in [6.45, 7) is 2.10. The van der Waals surface area contributed by atoms with Crippen molar-refractivity contribution in [1.29, 1.82) is 0 Å². The van der Waals surface area contributed by atoms with Gasteiger partial charge in [0.2, 0.25) is 0 Å². The van der Waals surface area contributed by atoms with Crippen LogP contribution in [0.5, 0.6) is 0 Å². The second-order valence-corrected chi connectivity index (χ2v) is 4.46. The normalized spacial score (nSPS) is 10.9. The zero-order valence-corrected chi connectivity index (χ0v) is 10.3. The number of fused-ring (bicyclic) bond motifs is 1. The zero-order chi connectivity index (χ0) is 11.8. The molecule has 0 aliphatic carbocycles. The molecule has 84 valence electrons. The Balaban J connectivity index is 2.45. The van der Waals surface area contributed by atoms with Crippen molar-refractivity contribution in [2.75, 3.05) is 0 Å². The summed E-state index contributed by atoms with van der Waals surface area (Å²) in [5, 5.41) is 0. The molecule has 17 heavy (non-hydrogen) atoms. The minimum Gasteiger partial charge on any atom is -0.330 e. The smallest absolute Gasteiger partial charge is 0.182 e. The van der Waals surface area contributed by atoms with Gasteiger partial charge in [-0.25, -0.2) is 0 Å². The summed E-state index contributed by atoms with van der Waals surface area (Å²) < 4.78 is 2.82. The molecule has 0 aliphatic rings. The number of para-hydroxylation sites is 2. The average Bonchev–Trinajstić information content (AvgIpc) is 2.68. The molecule has 0 fully saturated rings. The van der Waals surface area contributed by atoms with Crippen LogP contribution in [0.1, 0.15) is 5.56 Å². The number of imidazole rings is 1. The van der Waals surface area contributed by atoms with Crippen molar-refractivity contribution in [2.45, 2.75) is 6.92 Å². The van der Waals surface area contributed by atoms with E-state index in [0.29, 0.717) is 0 Å². The van der Waals surface area contributed by atoms with E-state index in [2.05, 4.69) is 40.7 Å². The lowest BCUT2D eigenvalue weighted by Crippen LogP contribution is -1.94. The molecule has 1 N–H and O–H groups in total. The maximum absolute atomic E-state index is 5.40. The van der Waals surface area contributed by atoms with E-state index in [1.54, 1.807) is 0 Å². The summed E-state index contributed by atoms with van der Waals surface area (Å²) in [5.74, 6) is 0. The van der Waals surface area contributed by atoms with Gasteiger partial charge in [0.25, 0.3) is 0 Å². The van der Waals surface area contributed by atoms with Crippen molar-refractivity contribution in [3.05, 3.63) is 58.9 Å². The topological polar surface area (TPSA) is 20.7 Å². The average molecular weight is 240 g/mol. The highest BCUT2D eigenvalue weighted by Crippen LogP contribution is 2.22. The summed E-state index contributed by atoms with van der Waals surface area (Å²) in [7, 11) is 0. The van der Waals surface area contributed by atoms with Crippen LogP contribution >= 0.6 is 12.2 Å². The molecule has 2 aromatic carbocycles. The largest absolute Gasteiger partial charge is 0.330 e. The number of aromatic nitrogens is 2. The van der Waals surface area contributed by atoms with Crippen LogP contribution in [0.25, 0.3) is 16.7 Å². The number of hydrogen-bond donors (Lipinski definition) is 1. The van der Waals surface area contributed by atoms with Crippen molar-refractivity contribution < 1.29 is 0 Å². The molecule has 0 saturated carbocycles. The number of benzene rings is 2. The van der Waals surface area contributed by atoms with Crippen molar-refractivity contribution in [3.63, 3.8) is 0 Å². The molecule has 1 heterocycles. The van der Waals surface area contributed by atoms with Crippen LogP contribution in [-0.4, -0.2) is 9.55 Å². The van der Waals surface area contributed by atoms with Crippen LogP contribution in [0.15, 0.2) is 48.5 Å². The Bertz CT molecular complexity index is 723. The van der Waals surface area contributed by atoms with Crippen LogP contribution in [0.4, 0.5) is 0 Å². The van der Waals surface area contributed by atoms with Crippen molar-refractivity contribution >= 4 is 23.3 Å². The van der Waals surface area contributed by atoms with Gasteiger partial charge in [-0.1, -0.05) is 30.3 Å². The first-order valence-electron chi connectivity index (χ1n) is 5.53. The van der Waals surface area contributed by atoms with Crippen LogP contribution in [0, 0.1) is 11.7 Å². The minimum atomic E-state index is 0.737. The van der Waals surface area contributed by atoms with Gasteiger partial charge in [0.05, 0.1) is 11.0 Å². The highest BCUT2D eigenvalue weighted by atomic mass is 32.1. The first kappa shape index (κ1) is 10.3. The molecular weight excluding hydrogens is 228 g/mol. The summed E-state index contributed by atoms with van der Waals surface area (Å²) >= 11 is 5.40. The molecule has 2 nitrogen and oxygen atoms in total. The van der Waals surface area contributed by atoms with Crippen LogP contribution in [-0.2, 0) is 0 Å². The Hall–Kier alpha value is -1.87. The molecule has 0 atom stereocenters. The summed E-state index contributed by atoms with van der Waals surface area (Å²) in [6, 6.07) is 16.4. The lowest BCUT2D eigenvalue weighted by atomic mass is 10.2. The van der Waals surface area contributed by atoms with Crippen molar-refractivity contribution in [3.8, 4) is 5.69 Å². The number of nitrogens with one attached hydrogen (secondary N) is 1. The van der Waals surface area contributed by atoms with Gasteiger partial charge in [0.1, 0.15) is 0 Å². The molecule has 0 radical (unpaired) electrons. The number of aryl methyl sites for hydroxylation is 1. The standard InChI is InChI=1S/C14H12N2S/c1-10-6-5-9-12-13(10)16(14(17)15-12)11-7-3-2-4-8-11/h2-9H,1H3,(H,15,17). The highest BCUT2D eigenvalue weighted by Gasteiger charge is 2.07. The summed E-state index contributed by atoms with van der Waals surface area (Å²) in [5.41, 5.74) is 4.55. The molecule has 0 unspecified atom stereocenters. The van der Waals surface area contributed by atoms with E-state index in [1.165, 1.54) is 5.56 Å². The first-order chi connectivity index (χ1) is 8.27. The van der Waals surface area contributed by atoms with Gasteiger partial charge >= 0.3 is 0 Å². The molecule has 3 aromatic rings. The molecule has 0 bridgehead atoms. The SMILES string of the molecule is Cc1cccc2[nH]c(=S)n(-c3ccccc3)c12. The summed E-state index contributed by atoms with van der Waals surface area (Å²) in [4.78, 5) is 3.24. The molecule has 1 aromatic heterocycles. The van der Waals surface area contributed by atoms with Gasteiger partial charge in [-0.15, -0.1) is 0 Å². The maximum Gasteiger partial charge on any atom is 0.182 e. The monoisotopic (exact) mass is 240 g/mol. The van der Waals surface area contributed by atoms with Crippen molar-refractivity contribution in [1.82, 2.24) is 9.55 Å². The van der Waals surface area contributed by atoms with Gasteiger partial charge in [0.15, 0.2) is 4.77 Å². The maximum atomic E-state index is 5.40. The molecule has 0 saturated heterocycles. The van der Waals surface area contributed by atoms with Gasteiger partial charge in [-0.3, -0.25) is 4.57 Å². The molecule has 0 amide bonds. The van der Waals surface area contributed by atoms with E-state index in [9.17, 15) is 0 Å². The summed E-state index contributed by atoms with van der Waals surface area (Å²) in [6.07, 6.45) is 0. The number of aromatic amines is 1. The van der Waals surface area contributed by atoms with E-state index in [1.807, 2.05) is 24.3 Å². The first-order valence-corrected chi connectivity index (χ1v) is 5.94. The lowest BCUT2D eigenvalue weighted by molar-refractivity contribution is 1.06. The van der Waals surface area contributed by atoms with E-state index in [-0.39, 0.29) is 0 Å². The van der Waals surface area contributed by atoms with Gasteiger partial charge in [-0.05, 0) is 42.9 Å². The Morgan fingerprint density at radius 2 is 1.76 bits per heavy atom. The fourth-order valence-electron chi connectivity index (χ4n) is 2.15. The Morgan fingerprint density at radius 1 is 1.00 bits per heavy atom. The predicted octanol–water partition coefficient (Wildman–Crippen LogP) is 4.00. The number of H-pyrrole nitrogens is 1. The second kappa shape index (κ2) is 3.86. The number of hydrogen-bond acceptors (Lipinski definition) is 1. The van der Waals surface area contributed by atoms with E-state index >= 15 is 0 Å². The zero-order valence-electron chi connectivity index (χ0n) is 9.47. The van der Waals surface area contributed by atoms with Crippen LogP contribution < -0.4 is 0 Å². The van der Waals surface area contributed by atoms with Gasteiger partial charge < -0.3 is 4.98 Å². The van der Waals surface area contributed by atoms with Gasteiger partial charge in [0, 0.05) is 5.69 Å². The van der Waals surface area contributed by atoms with Crippen LogP contribution in [0.2, 0.25) is 0 Å². The highest BCUT2D eigenvalue weighted by molar-refractivity contribution is 7.71. The Labute approximate surface area is 105 Å². The third-order valence-corrected chi connectivity index (χ3v) is 3.21. The third kappa shape index (κ3) is 1.59. The predicted molar refractivity (Wildman–Crippen MR) is 73.2 cm³/mol. The Morgan fingerprint density at radius 3 is 2.53 bits per heavy atom. The lowest BCUT2D eigenvalue weighted by Gasteiger charge is -2.05. The van der Waals surface area contributed by atoms with E-state index < -0.39 is 0 Å². The second-order valence-electron chi connectivity index (χ2n) is 4.07. The van der Waals surface area contributed by atoms with Gasteiger partial charge in [-0.2, -0.15) is 0 Å². The molecule has 0 spiro atoms. The quantitative estimate of drug-likeness (QED) is 0.638. The minimum absolute atomic E-state index is 0.737. The third-order valence-electron chi connectivity index (χ3n) is 2.92. The molecule has 3 heteroatoms. The fourth-order valence-corrected chi connectivity index (χ4v) is 2.46. The number of rotatable bonds is 1. The van der Waals surface area contributed by atoms with E-state index in [0.717, 1.165) is 21.5 Å². The Kier molecular flexibility index (Phi) is 2.34. The molecule has 3 rings (SSSR count).